The summed E-state index contributed by atoms with van der Waals surface area (Å²) in [5.41, 5.74) is 3.04. The van der Waals surface area contributed by atoms with Gasteiger partial charge in [-0.2, -0.15) is 0 Å². The first kappa shape index (κ1) is 24.2. The summed E-state index contributed by atoms with van der Waals surface area (Å²) in [5, 5.41) is 4.16. The molecular weight excluding hydrogens is 458 g/mol. The summed E-state index contributed by atoms with van der Waals surface area (Å²) in [6.07, 6.45) is 7.71. The molecule has 1 fully saturated rings. The molecule has 0 bridgehead atoms. The third kappa shape index (κ3) is 4.90. The van der Waals surface area contributed by atoms with Crippen molar-refractivity contribution in [1.29, 1.82) is 0 Å². The van der Waals surface area contributed by atoms with Crippen molar-refractivity contribution in [3.8, 4) is 5.75 Å². The number of likely N-dealkylation sites (N-methyl/N-ethyl adjacent to an activating group) is 1. The maximum Gasteiger partial charge on any atom is 0.292 e. The fourth-order valence-electron chi connectivity index (χ4n) is 5.58. The highest BCUT2D eigenvalue weighted by molar-refractivity contribution is 5.93. The van der Waals surface area contributed by atoms with E-state index >= 15 is 0 Å². The number of hydrogen-bond donors (Lipinski definition) is 0. The SMILES string of the molecule is COc1cccc(C[C@@H](C2CCN(C(=O)c3onc4c3CCCC4)CC2)N(C)C(=O)c2ccco2)c1. The Hall–Kier alpha value is -3.55. The number of aromatic nitrogens is 1. The van der Waals surface area contributed by atoms with Gasteiger partial charge in [0.05, 0.1) is 19.1 Å². The van der Waals surface area contributed by atoms with Crippen LogP contribution in [0.4, 0.5) is 0 Å². The Morgan fingerprint density at radius 2 is 1.97 bits per heavy atom. The van der Waals surface area contributed by atoms with E-state index in [2.05, 4.69) is 11.2 Å². The highest BCUT2D eigenvalue weighted by Crippen LogP contribution is 2.30. The van der Waals surface area contributed by atoms with Gasteiger partial charge in [-0.25, -0.2) is 0 Å². The van der Waals surface area contributed by atoms with Gasteiger partial charge in [-0.05, 0) is 80.7 Å². The van der Waals surface area contributed by atoms with E-state index in [0.717, 1.165) is 61.1 Å². The van der Waals surface area contributed by atoms with Gasteiger partial charge in [-0.3, -0.25) is 9.59 Å². The molecule has 3 heterocycles. The molecule has 3 aromatic rings. The minimum Gasteiger partial charge on any atom is -0.497 e. The molecule has 0 spiro atoms. The molecule has 2 amide bonds. The average Bonchev–Trinajstić information content (AvgIpc) is 3.61. The highest BCUT2D eigenvalue weighted by atomic mass is 16.5. The zero-order chi connectivity index (χ0) is 25.1. The zero-order valence-electron chi connectivity index (χ0n) is 20.9. The minimum atomic E-state index is -0.139. The van der Waals surface area contributed by atoms with Crippen LogP contribution in [-0.2, 0) is 19.3 Å². The van der Waals surface area contributed by atoms with Crippen molar-refractivity contribution in [2.75, 3.05) is 27.2 Å². The Kier molecular flexibility index (Phi) is 7.11. The van der Waals surface area contributed by atoms with E-state index < -0.39 is 0 Å². The van der Waals surface area contributed by atoms with Crippen LogP contribution in [0.15, 0.2) is 51.6 Å². The van der Waals surface area contributed by atoms with Crippen LogP contribution in [-0.4, -0.2) is 60.1 Å². The van der Waals surface area contributed by atoms with Gasteiger partial charge in [0.15, 0.2) is 5.76 Å². The number of benzene rings is 1. The third-order valence-electron chi connectivity index (χ3n) is 7.65. The minimum absolute atomic E-state index is 0.0509. The Labute approximate surface area is 211 Å². The molecule has 0 N–H and O–H groups in total. The number of carbonyl (C=O) groups is 2. The number of ether oxygens (including phenoxy) is 1. The molecule has 8 heteroatoms. The van der Waals surface area contributed by atoms with Crippen molar-refractivity contribution in [3.63, 3.8) is 0 Å². The van der Waals surface area contributed by atoms with Crippen LogP contribution in [0.5, 0.6) is 5.75 Å². The summed E-state index contributed by atoms with van der Waals surface area (Å²) in [6, 6.07) is 11.3. The van der Waals surface area contributed by atoms with Crippen LogP contribution >= 0.6 is 0 Å². The lowest BCUT2D eigenvalue weighted by molar-refractivity contribution is 0.0487. The van der Waals surface area contributed by atoms with Gasteiger partial charge in [-0.1, -0.05) is 17.3 Å². The summed E-state index contributed by atoms with van der Waals surface area (Å²) in [5.74, 6) is 1.57. The van der Waals surface area contributed by atoms with Crippen LogP contribution in [0.3, 0.4) is 0 Å². The van der Waals surface area contributed by atoms with Gasteiger partial charge in [0.2, 0.25) is 5.76 Å². The highest BCUT2D eigenvalue weighted by Gasteiger charge is 2.35. The summed E-state index contributed by atoms with van der Waals surface area (Å²) < 4.78 is 16.3. The van der Waals surface area contributed by atoms with Crippen molar-refractivity contribution in [2.24, 2.45) is 5.92 Å². The van der Waals surface area contributed by atoms with Crippen LogP contribution in [0.1, 0.15) is 63.6 Å². The number of fused-ring (bicyclic) bond motifs is 1. The summed E-state index contributed by atoms with van der Waals surface area (Å²) in [6.45, 7) is 1.24. The Bertz CT molecular complexity index is 1190. The molecule has 0 unspecified atom stereocenters. The smallest absolute Gasteiger partial charge is 0.292 e. The maximum atomic E-state index is 13.3. The van der Waals surface area contributed by atoms with Gasteiger partial charge in [0, 0.05) is 31.7 Å². The first-order chi connectivity index (χ1) is 17.5. The maximum absolute atomic E-state index is 13.3. The van der Waals surface area contributed by atoms with Gasteiger partial charge >= 0.3 is 0 Å². The first-order valence-electron chi connectivity index (χ1n) is 12.8. The van der Waals surface area contributed by atoms with Crippen LogP contribution in [0, 0.1) is 5.92 Å². The normalized spacial score (nSPS) is 16.9. The van der Waals surface area contributed by atoms with E-state index in [4.69, 9.17) is 13.7 Å². The number of rotatable bonds is 7. The Morgan fingerprint density at radius 3 is 2.72 bits per heavy atom. The molecule has 5 rings (SSSR count). The fraction of sp³-hybridized carbons (Fsp3) is 0.464. The lowest BCUT2D eigenvalue weighted by Crippen LogP contribution is -2.48. The summed E-state index contributed by atoms with van der Waals surface area (Å²) in [4.78, 5) is 30.1. The summed E-state index contributed by atoms with van der Waals surface area (Å²) in [7, 11) is 3.50. The molecule has 2 aromatic heterocycles. The number of hydrogen-bond acceptors (Lipinski definition) is 6. The van der Waals surface area contributed by atoms with E-state index in [0.29, 0.717) is 31.0 Å². The fourth-order valence-corrected chi connectivity index (χ4v) is 5.58. The molecule has 1 saturated heterocycles. The molecular formula is C28H33N3O5. The van der Waals surface area contributed by atoms with Crippen molar-refractivity contribution < 1.29 is 23.3 Å². The van der Waals surface area contributed by atoms with E-state index in [-0.39, 0.29) is 23.8 Å². The molecule has 1 atom stereocenters. The standard InChI is InChI=1S/C28H33N3O5/c1-30(27(32)25-11-6-16-35-25)24(18-19-7-5-8-21(17-19)34-2)20-12-14-31(15-13-20)28(33)26-22-9-3-4-10-23(22)29-36-26/h5-8,11,16-17,20,24H,3-4,9-10,12-15,18H2,1-2H3/t24-/m0/s1. The Balaban J connectivity index is 1.31. The molecule has 190 valence electrons. The molecule has 0 radical (unpaired) electrons. The molecule has 1 aliphatic heterocycles. The number of nitrogens with zero attached hydrogens (tertiary/aromatic N) is 3. The number of piperidine rings is 1. The number of methoxy groups -OCH3 is 1. The Morgan fingerprint density at radius 1 is 1.17 bits per heavy atom. The molecule has 0 saturated carbocycles. The first-order valence-corrected chi connectivity index (χ1v) is 12.8. The third-order valence-corrected chi connectivity index (χ3v) is 7.65. The number of aryl methyl sites for hydroxylation is 1. The van der Waals surface area contributed by atoms with E-state index in [1.807, 2.05) is 30.1 Å². The molecule has 2 aliphatic rings. The molecule has 36 heavy (non-hydrogen) atoms. The van der Waals surface area contributed by atoms with Gasteiger partial charge in [-0.15, -0.1) is 0 Å². The number of furan rings is 1. The number of likely N-dealkylation sites (tertiary alicyclic amines) is 1. The average molecular weight is 492 g/mol. The van der Waals surface area contributed by atoms with Crippen LogP contribution in [0.2, 0.25) is 0 Å². The second-order valence-corrected chi connectivity index (χ2v) is 9.79. The number of amides is 2. The number of carbonyl (C=O) groups excluding carboxylic acids is 2. The summed E-state index contributed by atoms with van der Waals surface area (Å²) >= 11 is 0. The lowest BCUT2D eigenvalue weighted by Gasteiger charge is -2.39. The predicted molar refractivity (Wildman–Crippen MR) is 133 cm³/mol. The van der Waals surface area contributed by atoms with Crippen molar-refractivity contribution in [2.45, 2.75) is 51.0 Å². The van der Waals surface area contributed by atoms with Crippen LogP contribution in [0.25, 0.3) is 0 Å². The van der Waals surface area contributed by atoms with E-state index in [9.17, 15) is 9.59 Å². The monoisotopic (exact) mass is 491 g/mol. The van der Waals surface area contributed by atoms with Gasteiger partial charge in [0.25, 0.3) is 11.8 Å². The quantitative estimate of drug-likeness (QED) is 0.487. The van der Waals surface area contributed by atoms with Crippen LogP contribution < -0.4 is 4.74 Å². The predicted octanol–water partition coefficient (Wildman–Crippen LogP) is 4.39. The lowest BCUT2D eigenvalue weighted by atomic mass is 9.84. The van der Waals surface area contributed by atoms with Crippen molar-refractivity contribution in [3.05, 3.63) is 71.0 Å². The van der Waals surface area contributed by atoms with Crippen molar-refractivity contribution in [1.82, 2.24) is 15.0 Å². The van der Waals surface area contributed by atoms with Crippen molar-refractivity contribution >= 4 is 11.8 Å². The van der Waals surface area contributed by atoms with Gasteiger partial charge < -0.3 is 23.5 Å². The van der Waals surface area contributed by atoms with Gasteiger partial charge in [0.1, 0.15) is 5.75 Å². The molecule has 1 aromatic carbocycles. The van der Waals surface area contributed by atoms with E-state index in [1.165, 1.54) is 6.26 Å². The molecule has 8 nitrogen and oxygen atoms in total. The van der Waals surface area contributed by atoms with E-state index in [1.54, 1.807) is 24.1 Å². The zero-order valence-corrected chi connectivity index (χ0v) is 20.9. The molecule has 1 aliphatic carbocycles. The second kappa shape index (κ2) is 10.6. The topological polar surface area (TPSA) is 89.0 Å². The second-order valence-electron chi connectivity index (χ2n) is 9.79. The largest absolute Gasteiger partial charge is 0.497 e.